The van der Waals surface area contributed by atoms with E-state index in [4.69, 9.17) is 24.2 Å². The van der Waals surface area contributed by atoms with Crippen molar-refractivity contribution >= 4 is 17.3 Å². The molecule has 1 fully saturated rings. The lowest BCUT2D eigenvalue weighted by molar-refractivity contribution is 0.00990. The van der Waals surface area contributed by atoms with Gasteiger partial charge < -0.3 is 24.4 Å². The van der Waals surface area contributed by atoms with Crippen LogP contribution in [-0.2, 0) is 16.0 Å². The minimum absolute atomic E-state index is 0.335. The van der Waals surface area contributed by atoms with Crippen LogP contribution in [0.25, 0.3) is 10.6 Å². The molecule has 2 heterocycles. The van der Waals surface area contributed by atoms with Crippen LogP contribution in [0.3, 0.4) is 0 Å². The molecule has 7 nitrogen and oxygen atoms in total. The van der Waals surface area contributed by atoms with Crippen LogP contribution in [0.4, 0.5) is 0 Å². The van der Waals surface area contributed by atoms with Crippen LogP contribution in [0.2, 0.25) is 0 Å². The van der Waals surface area contributed by atoms with Crippen LogP contribution in [0.15, 0.2) is 34.6 Å². The number of likely N-dealkylation sites (tertiary alicyclic amines) is 1. The first kappa shape index (κ1) is 23.5. The van der Waals surface area contributed by atoms with E-state index in [9.17, 15) is 0 Å². The average molecular weight is 447 g/mol. The summed E-state index contributed by atoms with van der Waals surface area (Å²) in [6.07, 6.45) is 3.33. The number of hydrogen-bond acceptors (Lipinski definition) is 6. The summed E-state index contributed by atoms with van der Waals surface area (Å²) in [5.74, 6) is 1.81. The van der Waals surface area contributed by atoms with Crippen molar-refractivity contribution in [1.82, 2.24) is 15.2 Å². The summed E-state index contributed by atoms with van der Waals surface area (Å²) < 4.78 is 16.3. The zero-order chi connectivity index (χ0) is 21.9. The molecule has 0 spiro atoms. The van der Waals surface area contributed by atoms with Crippen molar-refractivity contribution in [2.24, 2.45) is 4.99 Å². The van der Waals surface area contributed by atoms with Crippen LogP contribution in [-0.4, -0.2) is 69.0 Å². The minimum Gasteiger partial charge on any atom is -0.497 e. The summed E-state index contributed by atoms with van der Waals surface area (Å²) in [7, 11) is 3.40. The zero-order valence-electron chi connectivity index (χ0n) is 18.8. The summed E-state index contributed by atoms with van der Waals surface area (Å²) in [5, 5.41) is 6.52. The maximum atomic E-state index is 5.98. The van der Waals surface area contributed by atoms with E-state index in [1.54, 1.807) is 25.6 Å². The summed E-state index contributed by atoms with van der Waals surface area (Å²) >= 11 is 1.65. The monoisotopic (exact) mass is 446 g/mol. The largest absolute Gasteiger partial charge is 0.497 e. The molecule has 1 aromatic carbocycles. The number of nitrogens with zero attached hydrogens (tertiary/aromatic N) is 3. The summed E-state index contributed by atoms with van der Waals surface area (Å²) in [5.41, 5.74) is 2.09. The highest BCUT2D eigenvalue weighted by molar-refractivity contribution is 7.13. The van der Waals surface area contributed by atoms with Crippen molar-refractivity contribution in [2.45, 2.75) is 38.8 Å². The Balaban J connectivity index is 1.53. The third-order valence-electron chi connectivity index (χ3n) is 5.20. The molecule has 8 heteroatoms. The number of methoxy groups -OCH3 is 2. The van der Waals surface area contributed by atoms with Gasteiger partial charge in [-0.1, -0.05) is 0 Å². The first-order valence-electron chi connectivity index (χ1n) is 11.0. The molecule has 1 aromatic heterocycles. The van der Waals surface area contributed by atoms with Gasteiger partial charge in [0.25, 0.3) is 0 Å². The molecule has 0 bridgehead atoms. The Morgan fingerprint density at radius 1 is 1.19 bits per heavy atom. The summed E-state index contributed by atoms with van der Waals surface area (Å²) in [6, 6.07) is 8.00. The Bertz CT molecular complexity index is 801. The second-order valence-corrected chi connectivity index (χ2v) is 8.30. The van der Waals surface area contributed by atoms with Gasteiger partial charge in [0.15, 0.2) is 5.96 Å². The molecule has 1 aliphatic rings. The van der Waals surface area contributed by atoms with Crippen molar-refractivity contribution in [3.05, 3.63) is 35.3 Å². The topological polar surface area (TPSA) is 68.2 Å². The van der Waals surface area contributed by atoms with Crippen molar-refractivity contribution in [2.75, 3.05) is 47.1 Å². The highest BCUT2D eigenvalue weighted by Crippen LogP contribution is 2.26. The number of nitrogens with one attached hydrogen (secondary N) is 1. The average Bonchev–Trinajstić information content (AvgIpc) is 3.29. The molecule has 0 atom stereocenters. The first-order chi connectivity index (χ1) is 15.2. The van der Waals surface area contributed by atoms with E-state index in [2.05, 4.69) is 22.5 Å². The van der Waals surface area contributed by atoms with Gasteiger partial charge in [0, 0.05) is 50.9 Å². The Kier molecular flexibility index (Phi) is 9.58. The lowest BCUT2D eigenvalue weighted by Crippen LogP contribution is -2.47. The molecule has 3 rings (SSSR count). The quantitative estimate of drug-likeness (QED) is 0.340. The molecule has 2 aromatic rings. The van der Waals surface area contributed by atoms with Crippen LogP contribution >= 0.6 is 11.3 Å². The molecule has 170 valence electrons. The maximum absolute atomic E-state index is 5.98. The van der Waals surface area contributed by atoms with Gasteiger partial charge in [-0.25, -0.2) is 9.98 Å². The smallest absolute Gasteiger partial charge is 0.194 e. The van der Waals surface area contributed by atoms with E-state index >= 15 is 0 Å². The van der Waals surface area contributed by atoms with Crippen molar-refractivity contribution in [3.63, 3.8) is 0 Å². The van der Waals surface area contributed by atoms with Crippen LogP contribution in [0.1, 0.15) is 31.9 Å². The minimum atomic E-state index is 0.335. The first-order valence-corrected chi connectivity index (χ1v) is 11.8. The molecule has 1 N–H and O–H groups in total. The number of aromatic nitrogens is 1. The van der Waals surface area contributed by atoms with Crippen molar-refractivity contribution in [3.8, 4) is 16.3 Å². The fourth-order valence-electron chi connectivity index (χ4n) is 3.52. The second kappa shape index (κ2) is 12.6. The number of piperidine rings is 1. The van der Waals surface area contributed by atoms with Gasteiger partial charge in [0.05, 0.1) is 25.5 Å². The molecule has 0 saturated carbocycles. The second-order valence-electron chi connectivity index (χ2n) is 7.45. The van der Waals surface area contributed by atoms with Gasteiger partial charge >= 0.3 is 0 Å². The van der Waals surface area contributed by atoms with Gasteiger partial charge in [-0.15, -0.1) is 11.3 Å². The summed E-state index contributed by atoms with van der Waals surface area (Å²) in [4.78, 5) is 11.9. The van der Waals surface area contributed by atoms with E-state index in [1.165, 1.54) is 0 Å². The third-order valence-corrected chi connectivity index (χ3v) is 6.14. The number of aliphatic imine (C=N–C) groups is 1. The van der Waals surface area contributed by atoms with Crippen LogP contribution < -0.4 is 10.1 Å². The summed E-state index contributed by atoms with van der Waals surface area (Å²) in [6.45, 7) is 6.96. The maximum Gasteiger partial charge on any atom is 0.194 e. The Labute approximate surface area is 189 Å². The number of ether oxygens (including phenoxy) is 3. The SMILES string of the molecule is CCNC(=NCc1csc(-c2ccc(OC)cc2)n1)N1CCC(OCCCOC)CC1. The molecule has 0 radical (unpaired) electrons. The molecule has 0 amide bonds. The highest BCUT2D eigenvalue weighted by atomic mass is 32.1. The Morgan fingerprint density at radius 2 is 1.97 bits per heavy atom. The predicted molar refractivity (Wildman–Crippen MR) is 126 cm³/mol. The van der Waals surface area contributed by atoms with E-state index in [0.717, 1.165) is 80.1 Å². The van der Waals surface area contributed by atoms with Gasteiger partial charge in [-0.2, -0.15) is 0 Å². The van der Waals surface area contributed by atoms with E-state index < -0.39 is 0 Å². The molecule has 1 aliphatic heterocycles. The van der Waals surface area contributed by atoms with Gasteiger partial charge in [-0.05, 0) is 50.5 Å². The zero-order valence-corrected chi connectivity index (χ0v) is 19.6. The molecular formula is C23H34N4O3S. The molecule has 0 aliphatic carbocycles. The Morgan fingerprint density at radius 3 is 2.65 bits per heavy atom. The molecule has 31 heavy (non-hydrogen) atoms. The van der Waals surface area contributed by atoms with E-state index in [1.807, 2.05) is 24.3 Å². The molecule has 1 saturated heterocycles. The van der Waals surface area contributed by atoms with Crippen LogP contribution in [0.5, 0.6) is 5.75 Å². The lowest BCUT2D eigenvalue weighted by atomic mass is 10.1. The van der Waals surface area contributed by atoms with Gasteiger partial charge in [0.2, 0.25) is 0 Å². The predicted octanol–water partition coefficient (Wildman–Crippen LogP) is 3.80. The number of benzene rings is 1. The highest BCUT2D eigenvalue weighted by Gasteiger charge is 2.22. The lowest BCUT2D eigenvalue weighted by Gasteiger charge is -2.34. The van der Waals surface area contributed by atoms with Crippen molar-refractivity contribution in [1.29, 1.82) is 0 Å². The van der Waals surface area contributed by atoms with Crippen molar-refractivity contribution < 1.29 is 14.2 Å². The van der Waals surface area contributed by atoms with Gasteiger partial charge in [0.1, 0.15) is 10.8 Å². The number of thiazole rings is 1. The third kappa shape index (κ3) is 7.19. The fraction of sp³-hybridized carbons (Fsp3) is 0.565. The fourth-order valence-corrected chi connectivity index (χ4v) is 4.33. The molecule has 0 unspecified atom stereocenters. The number of rotatable bonds is 10. The molecular weight excluding hydrogens is 412 g/mol. The number of hydrogen-bond donors (Lipinski definition) is 1. The van der Waals surface area contributed by atoms with Crippen LogP contribution in [0, 0.1) is 0 Å². The van der Waals surface area contributed by atoms with E-state index in [0.29, 0.717) is 12.6 Å². The normalized spacial score (nSPS) is 15.3. The van der Waals surface area contributed by atoms with E-state index in [-0.39, 0.29) is 0 Å². The Hall–Kier alpha value is -2.16. The number of guanidine groups is 1. The van der Waals surface area contributed by atoms with Gasteiger partial charge in [-0.3, -0.25) is 0 Å². The standard InChI is InChI=1S/C23H34N4O3S/c1-4-24-23(27-12-10-21(11-13-27)30-15-5-14-28-2)25-16-19-17-31-22(26-19)18-6-8-20(29-3)9-7-18/h6-9,17,21H,4-5,10-16H2,1-3H3,(H,24,25).